The highest BCUT2D eigenvalue weighted by Gasteiger charge is 2.25. The highest BCUT2D eigenvalue weighted by Crippen LogP contribution is 2.33. The Morgan fingerprint density at radius 3 is 2.40 bits per heavy atom. The summed E-state index contributed by atoms with van der Waals surface area (Å²) in [5.74, 6) is 1.40. The number of hydrogen-bond donors (Lipinski definition) is 2. The van der Waals surface area contributed by atoms with Gasteiger partial charge in [0, 0.05) is 64.3 Å². The number of benzene rings is 3. The predicted octanol–water partition coefficient (Wildman–Crippen LogP) is 5.65. The number of piperazine rings is 1. The number of unbranched alkanes of at least 4 members (excludes halogenated alkanes) is 2. The molecule has 0 saturated carbocycles. The van der Waals surface area contributed by atoms with E-state index in [-0.39, 0.29) is 17.7 Å². The predicted molar refractivity (Wildman–Crippen MR) is 218 cm³/mol. The lowest BCUT2D eigenvalue weighted by Crippen LogP contribution is -2.47. The van der Waals surface area contributed by atoms with E-state index in [9.17, 15) is 14.4 Å². The molecule has 13 heteroatoms. The highest BCUT2D eigenvalue weighted by molar-refractivity contribution is 6.13. The van der Waals surface area contributed by atoms with E-state index in [2.05, 4.69) is 46.1 Å². The maximum absolute atomic E-state index is 13.8. The van der Waals surface area contributed by atoms with E-state index in [4.69, 9.17) is 14.5 Å². The number of ether oxygens (including phenoxy) is 2. The van der Waals surface area contributed by atoms with Crippen molar-refractivity contribution in [3.8, 4) is 11.5 Å². The van der Waals surface area contributed by atoms with Crippen LogP contribution in [0.5, 0.6) is 11.5 Å². The number of nitrogens with zero attached hydrogens (tertiary/aromatic N) is 6. The minimum Gasteiger partial charge on any atom is -0.495 e. The van der Waals surface area contributed by atoms with Crippen LogP contribution in [0.1, 0.15) is 64.8 Å². The summed E-state index contributed by atoms with van der Waals surface area (Å²) in [5.41, 5.74) is 4.33. The molecule has 3 heterocycles. The molecule has 0 unspecified atom stereocenters. The lowest BCUT2D eigenvalue weighted by molar-refractivity contribution is -0.132. The summed E-state index contributed by atoms with van der Waals surface area (Å²) in [6.45, 7) is 7.70. The zero-order valence-electron chi connectivity index (χ0n) is 33.2. The molecular weight excluding hydrogens is 697 g/mol. The number of nitrogens with one attached hydrogen (secondary N) is 2. The topological polar surface area (TPSA) is 127 Å². The average Bonchev–Trinajstić information content (AvgIpc) is 3.64. The van der Waals surface area contributed by atoms with Crippen molar-refractivity contribution in [2.45, 2.75) is 51.5 Å². The third-order valence-electron chi connectivity index (χ3n) is 10.9. The van der Waals surface area contributed by atoms with Crippen LogP contribution in [0.4, 0.5) is 17.3 Å². The molecule has 13 nitrogen and oxygen atoms in total. The molecule has 2 aliphatic rings. The number of amides is 3. The van der Waals surface area contributed by atoms with Crippen LogP contribution < -0.4 is 24.6 Å². The fraction of sp³-hybridized carbons (Fsp3) is 0.476. The Morgan fingerprint density at radius 2 is 1.67 bits per heavy atom. The quantitative estimate of drug-likeness (QED) is 0.157. The van der Waals surface area contributed by atoms with Crippen LogP contribution >= 0.6 is 0 Å². The Labute approximate surface area is 324 Å². The molecule has 1 aromatic heterocycles. The summed E-state index contributed by atoms with van der Waals surface area (Å²) in [4.78, 5) is 58.6. The van der Waals surface area contributed by atoms with Gasteiger partial charge in [0.1, 0.15) is 17.0 Å². The third kappa shape index (κ3) is 9.57. The minimum atomic E-state index is -0.326. The third-order valence-corrected chi connectivity index (χ3v) is 10.9. The van der Waals surface area contributed by atoms with Gasteiger partial charge in [0.2, 0.25) is 11.9 Å². The fourth-order valence-electron chi connectivity index (χ4n) is 7.33. The Kier molecular flexibility index (Phi) is 12.9. The molecule has 2 fully saturated rings. The van der Waals surface area contributed by atoms with Crippen LogP contribution in [0, 0.1) is 6.92 Å². The summed E-state index contributed by atoms with van der Waals surface area (Å²) in [6, 6.07) is 16.9. The Balaban J connectivity index is 1.06. The molecule has 6 rings (SSSR count). The molecule has 0 spiro atoms. The number of aromatic nitrogens is 2. The van der Waals surface area contributed by atoms with Crippen molar-refractivity contribution in [2.24, 2.45) is 0 Å². The first kappa shape index (κ1) is 39.6. The van der Waals surface area contributed by atoms with Crippen molar-refractivity contribution in [1.29, 1.82) is 0 Å². The number of imidazole rings is 1. The smallest absolute Gasteiger partial charge is 0.258 e. The number of fused-ring (bicyclic) bond motifs is 1. The zero-order valence-corrected chi connectivity index (χ0v) is 33.2. The van der Waals surface area contributed by atoms with Crippen LogP contribution in [0.15, 0.2) is 54.6 Å². The molecule has 294 valence electrons. The van der Waals surface area contributed by atoms with Crippen LogP contribution in [0.2, 0.25) is 0 Å². The number of aromatic amines is 1. The summed E-state index contributed by atoms with van der Waals surface area (Å²) < 4.78 is 11.9. The second-order valence-electron chi connectivity index (χ2n) is 15.0. The van der Waals surface area contributed by atoms with E-state index in [0.717, 1.165) is 88.4 Å². The molecule has 4 aromatic rings. The number of hydrogen-bond acceptors (Lipinski definition) is 9. The number of para-hydroxylation sites is 1. The molecule has 2 N–H and O–H groups in total. The lowest BCUT2D eigenvalue weighted by atomic mass is 10.0. The first-order valence-electron chi connectivity index (χ1n) is 19.4. The van der Waals surface area contributed by atoms with Crippen molar-refractivity contribution in [1.82, 2.24) is 24.7 Å². The van der Waals surface area contributed by atoms with Gasteiger partial charge in [-0.25, -0.2) is 4.98 Å². The summed E-state index contributed by atoms with van der Waals surface area (Å²) in [6.07, 6.45) is 5.16. The number of methoxy groups -OCH3 is 1. The van der Waals surface area contributed by atoms with Crippen LogP contribution in [0.25, 0.3) is 11.0 Å². The molecule has 2 aliphatic heterocycles. The number of likely N-dealkylation sites (N-methyl/N-ethyl adjacent to an activating group) is 1. The van der Waals surface area contributed by atoms with Gasteiger partial charge in [0.05, 0.1) is 36.2 Å². The van der Waals surface area contributed by atoms with E-state index in [1.54, 1.807) is 36.2 Å². The monoisotopic (exact) mass is 752 g/mol. The summed E-state index contributed by atoms with van der Waals surface area (Å²) in [7, 11) is 9.55. The average molecular weight is 753 g/mol. The molecule has 55 heavy (non-hydrogen) atoms. The fourth-order valence-corrected chi connectivity index (χ4v) is 7.33. The van der Waals surface area contributed by atoms with Gasteiger partial charge in [0.15, 0.2) is 0 Å². The maximum atomic E-state index is 13.8. The first-order chi connectivity index (χ1) is 26.5. The van der Waals surface area contributed by atoms with Crippen molar-refractivity contribution in [3.05, 3.63) is 71.3 Å². The number of aryl methyl sites for hydroxylation is 1. The van der Waals surface area contributed by atoms with Crippen molar-refractivity contribution in [2.75, 3.05) is 96.3 Å². The zero-order chi connectivity index (χ0) is 39.1. The normalized spacial score (nSPS) is 15.4. The second kappa shape index (κ2) is 18.0. The molecule has 0 aliphatic carbocycles. The van der Waals surface area contributed by atoms with Gasteiger partial charge < -0.3 is 44.3 Å². The molecule has 0 radical (unpaired) electrons. The van der Waals surface area contributed by atoms with Gasteiger partial charge >= 0.3 is 0 Å². The molecular formula is C42H56N8O5. The highest BCUT2D eigenvalue weighted by atomic mass is 16.5. The van der Waals surface area contributed by atoms with E-state index in [1.165, 1.54) is 7.11 Å². The van der Waals surface area contributed by atoms with Crippen LogP contribution in [-0.4, -0.2) is 130 Å². The molecule has 2 saturated heterocycles. The van der Waals surface area contributed by atoms with Crippen LogP contribution in [0.3, 0.4) is 0 Å². The van der Waals surface area contributed by atoms with E-state index in [1.807, 2.05) is 42.2 Å². The number of anilines is 3. The van der Waals surface area contributed by atoms with Gasteiger partial charge in [0.25, 0.3) is 11.8 Å². The Morgan fingerprint density at radius 1 is 0.909 bits per heavy atom. The standard InChI is InChI=1S/C42H56N8O5/c1-29-14-17-35(37(27-29)55-26-9-7-8-13-38(51)49-24-22-47(4)23-25-49)48(5)41(53)30-15-16-33(36(28-30)54-6)43-40(52)32-11-10-12-34-39(32)45-42(44-34)50-20-18-31(19-21-50)46(2)3/h10-12,14-17,27-28,31H,7-9,13,18-26H2,1-6H3,(H,43,52)(H,44,45). The summed E-state index contributed by atoms with van der Waals surface area (Å²) >= 11 is 0. The van der Waals surface area contributed by atoms with Gasteiger partial charge in [-0.15, -0.1) is 0 Å². The first-order valence-corrected chi connectivity index (χ1v) is 19.4. The van der Waals surface area contributed by atoms with E-state index < -0.39 is 0 Å². The van der Waals surface area contributed by atoms with Crippen LogP contribution in [-0.2, 0) is 4.79 Å². The minimum absolute atomic E-state index is 0.231. The van der Waals surface area contributed by atoms with Gasteiger partial charge in [-0.2, -0.15) is 0 Å². The molecule has 3 amide bonds. The maximum Gasteiger partial charge on any atom is 0.258 e. The van der Waals surface area contributed by atoms with Crippen molar-refractivity contribution < 1.29 is 23.9 Å². The SMILES string of the molecule is COc1cc(C(=O)N(C)c2ccc(C)cc2OCCCCCC(=O)N2CCN(C)CC2)ccc1NC(=O)c1cccc2[nH]c(N3CCC(N(C)C)CC3)nc12. The number of carbonyl (C=O) groups excluding carboxylic acids is 3. The largest absolute Gasteiger partial charge is 0.495 e. The Bertz CT molecular complexity index is 1960. The molecule has 3 aromatic carbocycles. The van der Waals surface area contributed by atoms with Crippen molar-refractivity contribution in [3.63, 3.8) is 0 Å². The van der Waals surface area contributed by atoms with E-state index in [0.29, 0.717) is 58.6 Å². The van der Waals surface area contributed by atoms with E-state index >= 15 is 0 Å². The Hall–Kier alpha value is -5.14. The number of H-pyrrole nitrogens is 1. The van der Waals surface area contributed by atoms with Gasteiger partial charge in [-0.3, -0.25) is 14.4 Å². The molecule has 0 atom stereocenters. The molecule has 0 bridgehead atoms. The van der Waals surface area contributed by atoms with Gasteiger partial charge in [-0.1, -0.05) is 12.1 Å². The lowest BCUT2D eigenvalue weighted by Gasteiger charge is -2.34. The number of piperidine rings is 1. The van der Waals surface area contributed by atoms with Gasteiger partial charge in [-0.05, 0) is 108 Å². The second-order valence-corrected chi connectivity index (χ2v) is 15.0. The number of carbonyl (C=O) groups is 3. The summed E-state index contributed by atoms with van der Waals surface area (Å²) in [5, 5.41) is 2.98. The number of rotatable bonds is 14. The van der Waals surface area contributed by atoms with Crippen molar-refractivity contribution >= 4 is 46.1 Å².